The molecule has 0 unspecified atom stereocenters. The van der Waals surface area contributed by atoms with Gasteiger partial charge < -0.3 is 9.57 Å². The Kier molecular flexibility index (Phi) is 6.92. The lowest BCUT2D eigenvalue weighted by Gasteiger charge is -2.12. The van der Waals surface area contributed by atoms with Crippen molar-refractivity contribution in [3.8, 4) is 16.2 Å². The maximum absolute atomic E-state index is 6.06. The van der Waals surface area contributed by atoms with Crippen LogP contribution in [0.1, 0.15) is 21.6 Å². The van der Waals surface area contributed by atoms with Crippen molar-refractivity contribution in [2.75, 3.05) is 5.48 Å². The van der Waals surface area contributed by atoms with Gasteiger partial charge in [0.15, 0.2) is 5.75 Å². The first-order valence-corrected chi connectivity index (χ1v) is 11.3. The van der Waals surface area contributed by atoms with Crippen LogP contribution in [-0.4, -0.2) is 0 Å². The average molecular weight is 450 g/mol. The zero-order valence-corrected chi connectivity index (χ0v) is 19.1. The summed E-state index contributed by atoms with van der Waals surface area (Å²) in [4.78, 5) is 8.13. The molecule has 31 heavy (non-hydrogen) atoms. The Labute approximate surface area is 192 Å². The smallest absolute Gasteiger partial charge is 0.157 e. The fourth-order valence-electron chi connectivity index (χ4n) is 3.24. The lowest BCUT2D eigenvalue weighted by atomic mass is 10.1. The number of hydrogen-bond acceptors (Lipinski definition) is 4. The molecule has 0 atom stereocenters. The molecule has 4 rings (SSSR count). The Morgan fingerprint density at radius 3 is 2.39 bits per heavy atom. The highest BCUT2D eigenvalue weighted by molar-refractivity contribution is 7.16. The molecule has 0 aliphatic carbocycles. The molecule has 0 saturated carbocycles. The van der Waals surface area contributed by atoms with E-state index >= 15 is 0 Å². The minimum absolute atomic E-state index is 0.492. The van der Waals surface area contributed by atoms with Crippen molar-refractivity contribution in [1.82, 2.24) is 0 Å². The van der Waals surface area contributed by atoms with Crippen molar-refractivity contribution >= 4 is 28.6 Å². The van der Waals surface area contributed by atoms with Crippen LogP contribution >= 0.6 is 22.9 Å². The third-order valence-electron chi connectivity index (χ3n) is 4.88. The summed E-state index contributed by atoms with van der Waals surface area (Å²) >= 11 is 7.74. The van der Waals surface area contributed by atoms with Crippen LogP contribution in [0.2, 0.25) is 5.02 Å². The molecule has 1 heterocycles. The number of benzene rings is 3. The summed E-state index contributed by atoms with van der Waals surface area (Å²) in [5.41, 5.74) is 8.60. The summed E-state index contributed by atoms with van der Waals surface area (Å²) in [6, 6.07) is 26.3. The van der Waals surface area contributed by atoms with Crippen LogP contribution in [0.15, 0.2) is 78.9 Å². The molecule has 0 aliphatic heterocycles. The van der Waals surface area contributed by atoms with Crippen molar-refractivity contribution in [2.45, 2.75) is 27.1 Å². The van der Waals surface area contributed by atoms with E-state index in [-0.39, 0.29) is 0 Å². The molecule has 0 bridgehead atoms. The molecule has 0 aliphatic rings. The van der Waals surface area contributed by atoms with Gasteiger partial charge in [-0.15, -0.1) is 11.3 Å². The largest absolute Gasteiger partial charge is 0.382 e. The maximum Gasteiger partial charge on any atom is 0.157 e. The van der Waals surface area contributed by atoms with Crippen LogP contribution in [0.5, 0.6) is 5.75 Å². The number of hydrogen-bond donors (Lipinski definition) is 1. The number of nitrogens with one attached hydrogen (secondary N) is 1. The van der Waals surface area contributed by atoms with E-state index in [0.29, 0.717) is 13.2 Å². The number of rotatable bonds is 8. The second-order valence-corrected chi connectivity index (χ2v) is 8.98. The molecular weight excluding hydrogens is 426 g/mol. The van der Waals surface area contributed by atoms with Gasteiger partial charge in [-0.05, 0) is 54.8 Å². The van der Waals surface area contributed by atoms with E-state index in [1.807, 2.05) is 61.5 Å². The lowest BCUT2D eigenvalue weighted by Crippen LogP contribution is -2.07. The van der Waals surface area contributed by atoms with E-state index in [0.717, 1.165) is 42.9 Å². The van der Waals surface area contributed by atoms with Gasteiger partial charge in [0.2, 0.25) is 0 Å². The van der Waals surface area contributed by atoms with Gasteiger partial charge in [0, 0.05) is 9.90 Å². The Balaban J connectivity index is 1.52. The van der Waals surface area contributed by atoms with Gasteiger partial charge in [-0.25, -0.2) is 5.48 Å². The van der Waals surface area contributed by atoms with Crippen molar-refractivity contribution in [3.63, 3.8) is 0 Å². The average Bonchev–Trinajstić information content (AvgIpc) is 3.17. The van der Waals surface area contributed by atoms with Crippen LogP contribution in [0.4, 0.5) is 5.69 Å². The zero-order valence-electron chi connectivity index (χ0n) is 17.5. The van der Waals surface area contributed by atoms with Crippen molar-refractivity contribution in [2.24, 2.45) is 0 Å². The van der Waals surface area contributed by atoms with Crippen LogP contribution in [0, 0.1) is 13.8 Å². The molecule has 5 heteroatoms. The van der Waals surface area contributed by atoms with Gasteiger partial charge >= 0.3 is 0 Å². The summed E-state index contributed by atoms with van der Waals surface area (Å²) in [5.74, 6) is 0.806. The molecular formula is C26H24ClNO2S. The van der Waals surface area contributed by atoms with Crippen molar-refractivity contribution in [3.05, 3.63) is 105 Å². The van der Waals surface area contributed by atoms with Crippen LogP contribution in [0.25, 0.3) is 10.4 Å². The molecule has 3 aromatic carbocycles. The molecule has 1 aromatic heterocycles. The Bertz CT molecular complexity index is 1140. The molecule has 0 amide bonds. The summed E-state index contributed by atoms with van der Waals surface area (Å²) in [6.45, 7) is 5.17. The van der Waals surface area contributed by atoms with E-state index in [4.69, 9.17) is 21.2 Å². The summed E-state index contributed by atoms with van der Waals surface area (Å²) in [7, 11) is 0. The summed E-state index contributed by atoms with van der Waals surface area (Å²) in [5, 5.41) is 0.725. The quantitative estimate of drug-likeness (QED) is 0.278. The van der Waals surface area contributed by atoms with Gasteiger partial charge in [0.25, 0.3) is 0 Å². The molecule has 3 nitrogen and oxygen atoms in total. The minimum Gasteiger partial charge on any atom is -0.382 e. The van der Waals surface area contributed by atoms with Crippen LogP contribution in [0.3, 0.4) is 0 Å². The van der Waals surface area contributed by atoms with Crippen molar-refractivity contribution in [1.29, 1.82) is 0 Å². The monoisotopic (exact) mass is 449 g/mol. The molecule has 0 fully saturated rings. The Morgan fingerprint density at radius 1 is 0.871 bits per heavy atom. The first-order valence-electron chi connectivity index (χ1n) is 10.1. The Morgan fingerprint density at radius 2 is 1.65 bits per heavy atom. The number of ether oxygens (including phenoxy) is 1. The van der Waals surface area contributed by atoms with E-state index in [1.165, 1.54) is 5.56 Å². The lowest BCUT2D eigenvalue weighted by molar-refractivity contribution is 0.109. The van der Waals surface area contributed by atoms with E-state index in [1.54, 1.807) is 11.3 Å². The highest BCUT2D eigenvalue weighted by Crippen LogP contribution is 2.36. The molecule has 0 saturated heterocycles. The summed E-state index contributed by atoms with van der Waals surface area (Å²) in [6.07, 6.45) is 0. The highest BCUT2D eigenvalue weighted by atomic mass is 35.5. The van der Waals surface area contributed by atoms with E-state index in [2.05, 4.69) is 36.7 Å². The third-order valence-corrected chi connectivity index (χ3v) is 6.29. The topological polar surface area (TPSA) is 30.5 Å². The number of aryl methyl sites for hydroxylation is 2. The number of halogens is 1. The molecule has 1 N–H and O–H groups in total. The second kappa shape index (κ2) is 10.0. The minimum atomic E-state index is 0.492. The predicted octanol–water partition coefficient (Wildman–Crippen LogP) is 7.81. The standard InChI is InChI=1S/C26H24ClNO2S/c1-18-8-13-24(19(2)14-18)30-28-23-15-25(21-9-11-22(27)12-10-21)31-26(23)17-29-16-20-6-4-3-5-7-20/h3-15,28H,16-17H2,1-2H3. The highest BCUT2D eigenvalue weighted by Gasteiger charge is 2.13. The SMILES string of the molecule is Cc1ccc(ONc2cc(-c3ccc(Cl)cc3)sc2COCc2ccccc2)c(C)c1. The van der Waals surface area contributed by atoms with Crippen LogP contribution < -0.4 is 10.3 Å². The summed E-state index contributed by atoms with van der Waals surface area (Å²) < 4.78 is 6.00. The normalized spacial score (nSPS) is 10.8. The fraction of sp³-hybridized carbons (Fsp3) is 0.154. The molecule has 4 aromatic rings. The van der Waals surface area contributed by atoms with Gasteiger partial charge in [0.05, 0.1) is 23.8 Å². The van der Waals surface area contributed by atoms with E-state index in [9.17, 15) is 0 Å². The van der Waals surface area contributed by atoms with Gasteiger partial charge in [-0.1, -0.05) is 71.8 Å². The second-order valence-electron chi connectivity index (χ2n) is 7.41. The zero-order chi connectivity index (χ0) is 21.6. The predicted molar refractivity (Wildman–Crippen MR) is 130 cm³/mol. The first-order chi connectivity index (χ1) is 15.1. The van der Waals surface area contributed by atoms with E-state index < -0.39 is 0 Å². The van der Waals surface area contributed by atoms with Gasteiger partial charge in [0.1, 0.15) is 0 Å². The molecule has 158 valence electrons. The molecule has 0 radical (unpaired) electrons. The fourth-order valence-corrected chi connectivity index (χ4v) is 4.41. The number of anilines is 1. The van der Waals surface area contributed by atoms with Gasteiger partial charge in [-0.3, -0.25) is 0 Å². The maximum atomic E-state index is 6.06. The van der Waals surface area contributed by atoms with Gasteiger partial charge in [-0.2, -0.15) is 0 Å². The molecule has 0 spiro atoms. The van der Waals surface area contributed by atoms with Crippen molar-refractivity contribution < 1.29 is 9.57 Å². The first kappa shape index (κ1) is 21.4. The Hall–Kier alpha value is -2.79. The third kappa shape index (κ3) is 5.67. The van der Waals surface area contributed by atoms with Crippen LogP contribution in [-0.2, 0) is 18.0 Å². The number of thiophene rings is 1.